The van der Waals surface area contributed by atoms with Crippen LogP contribution in [-0.4, -0.2) is 11.7 Å². The van der Waals surface area contributed by atoms with E-state index in [1.54, 1.807) is 12.1 Å². The second kappa shape index (κ2) is 19.0. The second-order valence-corrected chi connectivity index (χ2v) is 13.0. The Morgan fingerprint density at radius 3 is 1.64 bits per heavy atom. The van der Waals surface area contributed by atoms with E-state index in [1.807, 2.05) is 42.5 Å². The van der Waals surface area contributed by atoms with Gasteiger partial charge in [-0.2, -0.15) is 0 Å². The second-order valence-electron chi connectivity index (χ2n) is 13.0. The quantitative estimate of drug-likeness (QED) is 0.110. The largest absolute Gasteiger partial charge is 0.493 e. The van der Waals surface area contributed by atoms with Gasteiger partial charge >= 0.3 is 0 Å². The Morgan fingerprint density at radius 2 is 1.07 bits per heavy atom. The Morgan fingerprint density at radius 1 is 0.568 bits per heavy atom. The van der Waals surface area contributed by atoms with Gasteiger partial charge in [0.15, 0.2) is 0 Å². The smallest absolute Gasteiger partial charge is 0.145 e. The number of ether oxygens (including phenoxy) is 1. The zero-order valence-electron chi connectivity index (χ0n) is 27.4. The molecule has 1 N–H and O–H groups in total. The number of hydrogen-bond acceptors (Lipinski definition) is 2. The summed E-state index contributed by atoms with van der Waals surface area (Å²) in [5.74, 6) is 0.327. The van der Waals surface area contributed by atoms with Crippen LogP contribution >= 0.6 is 0 Å². The highest BCUT2D eigenvalue weighted by Gasteiger charge is 2.45. The number of aliphatic hydroxyl groups is 1. The zero-order valence-corrected chi connectivity index (χ0v) is 27.4. The molecule has 0 amide bonds. The number of hydrogen-bond donors (Lipinski definition) is 1. The number of fused-ring (bicyclic) bond motifs is 3. The summed E-state index contributed by atoms with van der Waals surface area (Å²) in [5, 5.41) is 12.2. The van der Waals surface area contributed by atoms with E-state index >= 15 is 0 Å². The SMILES string of the molecule is CCCCCCCCCCCCCCCCCCCCCCOc1cccc2c1C(O)(c1cccc(F)c1)c1ccccc1-2. The van der Waals surface area contributed by atoms with Gasteiger partial charge in [0.25, 0.3) is 0 Å². The molecule has 44 heavy (non-hydrogen) atoms. The highest BCUT2D eigenvalue weighted by Crippen LogP contribution is 2.54. The lowest BCUT2D eigenvalue weighted by atomic mass is 9.84. The lowest BCUT2D eigenvalue weighted by Crippen LogP contribution is -2.27. The Balaban J connectivity index is 1.07. The third-order valence-corrected chi connectivity index (χ3v) is 9.49. The van der Waals surface area contributed by atoms with E-state index in [2.05, 4.69) is 6.92 Å². The first-order valence-corrected chi connectivity index (χ1v) is 18.0. The molecular formula is C41H57FO2. The minimum Gasteiger partial charge on any atom is -0.493 e. The van der Waals surface area contributed by atoms with E-state index in [1.165, 1.54) is 128 Å². The first-order valence-electron chi connectivity index (χ1n) is 18.0. The van der Waals surface area contributed by atoms with Crippen LogP contribution in [0.15, 0.2) is 66.7 Å². The van der Waals surface area contributed by atoms with E-state index in [0.29, 0.717) is 17.9 Å². The van der Waals surface area contributed by atoms with Crippen molar-refractivity contribution in [1.29, 1.82) is 0 Å². The maximum atomic E-state index is 14.3. The first kappa shape index (κ1) is 34.2. The summed E-state index contributed by atoms with van der Waals surface area (Å²) in [6.45, 7) is 2.91. The molecule has 4 rings (SSSR count). The summed E-state index contributed by atoms with van der Waals surface area (Å²) in [6, 6.07) is 20.1. The molecular weight excluding hydrogens is 543 g/mol. The average molecular weight is 601 g/mol. The minimum absolute atomic E-state index is 0.357. The number of unbranched alkanes of at least 4 members (excludes halogenated alkanes) is 19. The maximum absolute atomic E-state index is 14.3. The lowest BCUT2D eigenvalue weighted by Gasteiger charge is -2.28. The molecule has 2 nitrogen and oxygen atoms in total. The molecule has 0 saturated carbocycles. The fourth-order valence-corrected chi connectivity index (χ4v) is 6.97. The van der Waals surface area contributed by atoms with Gasteiger partial charge in [0.05, 0.1) is 6.61 Å². The summed E-state index contributed by atoms with van der Waals surface area (Å²) < 4.78 is 20.6. The van der Waals surface area contributed by atoms with Gasteiger partial charge < -0.3 is 9.84 Å². The van der Waals surface area contributed by atoms with Crippen LogP contribution in [0.5, 0.6) is 5.75 Å². The minimum atomic E-state index is -1.45. The summed E-state index contributed by atoms with van der Waals surface area (Å²) in [7, 11) is 0. The molecule has 3 aromatic rings. The molecule has 0 bridgehead atoms. The van der Waals surface area contributed by atoms with Crippen molar-refractivity contribution < 1.29 is 14.2 Å². The molecule has 240 valence electrons. The van der Waals surface area contributed by atoms with Crippen molar-refractivity contribution in [2.24, 2.45) is 0 Å². The summed E-state index contributed by atoms with van der Waals surface area (Å²) in [6.07, 6.45) is 27.3. The van der Waals surface area contributed by atoms with Crippen LogP contribution in [0.4, 0.5) is 4.39 Å². The molecule has 1 unspecified atom stereocenters. The Labute approximate surface area is 267 Å². The van der Waals surface area contributed by atoms with Crippen LogP contribution in [0.3, 0.4) is 0 Å². The van der Waals surface area contributed by atoms with Crippen molar-refractivity contribution in [3.05, 3.63) is 89.2 Å². The van der Waals surface area contributed by atoms with Crippen LogP contribution in [0.2, 0.25) is 0 Å². The van der Waals surface area contributed by atoms with Crippen molar-refractivity contribution in [3.63, 3.8) is 0 Å². The molecule has 3 aromatic carbocycles. The molecule has 0 saturated heterocycles. The van der Waals surface area contributed by atoms with Crippen molar-refractivity contribution in [2.75, 3.05) is 6.61 Å². The fraction of sp³-hybridized carbons (Fsp3) is 0.561. The third-order valence-electron chi connectivity index (χ3n) is 9.49. The van der Waals surface area contributed by atoms with E-state index < -0.39 is 5.60 Å². The van der Waals surface area contributed by atoms with Crippen molar-refractivity contribution in [1.82, 2.24) is 0 Å². The molecule has 1 aliphatic rings. The normalized spacial score (nSPS) is 15.3. The fourth-order valence-electron chi connectivity index (χ4n) is 6.97. The molecule has 0 heterocycles. The van der Waals surface area contributed by atoms with E-state index in [9.17, 15) is 9.50 Å². The average Bonchev–Trinajstić information content (AvgIpc) is 3.31. The van der Waals surface area contributed by atoms with Gasteiger partial charge in [0.1, 0.15) is 17.2 Å². The molecule has 3 heteroatoms. The van der Waals surface area contributed by atoms with Crippen LogP contribution in [0.25, 0.3) is 11.1 Å². The molecule has 0 aromatic heterocycles. The van der Waals surface area contributed by atoms with Crippen LogP contribution in [-0.2, 0) is 5.60 Å². The molecule has 1 atom stereocenters. The van der Waals surface area contributed by atoms with Crippen molar-refractivity contribution >= 4 is 0 Å². The van der Waals surface area contributed by atoms with Crippen molar-refractivity contribution in [3.8, 4) is 16.9 Å². The predicted octanol–water partition coefficient (Wildman–Crippen LogP) is 12.3. The highest BCUT2D eigenvalue weighted by molar-refractivity contribution is 5.84. The molecule has 0 fully saturated rings. The van der Waals surface area contributed by atoms with Crippen LogP contribution in [0, 0.1) is 5.82 Å². The molecule has 0 radical (unpaired) electrons. The highest BCUT2D eigenvalue weighted by atomic mass is 19.1. The van der Waals surface area contributed by atoms with Crippen LogP contribution in [0.1, 0.15) is 152 Å². The topological polar surface area (TPSA) is 29.5 Å². The third kappa shape index (κ3) is 9.67. The summed E-state index contributed by atoms with van der Waals surface area (Å²) >= 11 is 0. The van der Waals surface area contributed by atoms with Crippen molar-refractivity contribution in [2.45, 2.75) is 141 Å². The number of rotatable bonds is 23. The standard InChI is InChI=1S/C41H57FO2/c1-2-3-4-5-6-7-8-9-10-11-12-13-14-15-16-17-18-19-20-23-32-44-39-31-25-29-37-36-28-21-22-30-38(36)41(43,40(37)39)34-26-24-27-35(42)33-34/h21-22,24-31,33,43H,2-20,23,32H2,1H3. The van der Waals surface area contributed by atoms with Gasteiger partial charge in [-0.05, 0) is 41.3 Å². The van der Waals surface area contributed by atoms with Gasteiger partial charge in [-0.15, -0.1) is 0 Å². The van der Waals surface area contributed by atoms with Gasteiger partial charge in [0.2, 0.25) is 0 Å². The number of halogens is 1. The Hall–Kier alpha value is -2.65. The number of benzene rings is 3. The Kier molecular flexibility index (Phi) is 14.8. The van der Waals surface area contributed by atoms with E-state index in [4.69, 9.17) is 4.74 Å². The summed E-state index contributed by atoms with van der Waals surface area (Å²) in [5.41, 5.74) is 2.50. The Bertz CT molecular complexity index is 1240. The molecule has 1 aliphatic carbocycles. The molecule has 0 aliphatic heterocycles. The maximum Gasteiger partial charge on any atom is 0.145 e. The lowest BCUT2D eigenvalue weighted by molar-refractivity contribution is 0.125. The first-order chi connectivity index (χ1) is 21.7. The monoisotopic (exact) mass is 600 g/mol. The van der Waals surface area contributed by atoms with Crippen LogP contribution < -0.4 is 4.74 Å². The van der Waals surface area contributed by atoms with E-state index in [0.717, 1.165) is 35.1 Å². The van der Waals surface area contributed by atoms with Gasteiger partial charge in [-0.3, -0.25) is 0 Å². The van der Waals surface area contributed by atoms with Gasteiger partial charge in [-0.25, -0.2) is 4.39 Å². The van der Waals surface area contributed by atoms with Gasteiger partial charge in [0, 0.05) is 11.1 Å². The molecule has 0 spiro atoms. The predicted molar refractivity (Wildman–Crippen MR) is 184 cm³/mol. The van der Waals surface area contributed by atoms with E-state index in [-0.39, 0.29) is 5.82 Å². The summed E-state index contributed by atoms with van der Waals surface area (Å²) in [4.78, 5) is 0. The van der Waals surface area contributed by atoms with Gasteiger partial charge in [-0.1, -0.05) is 177 Å². The zero-order chi connectivity index (χ0) is 30.9.